The van der Waals surface area contributed by atoms with Crippen molar-refractivity contribution in [3.63, 3.8) is 0 Å². The molecule has 3 aromatic heterocycles. The second-order valence-electron chi connectivity index (χ2n) is 7.65. The third-order valence-electron chi connectivity index (χ3n) is 5.29. The maximum absolute atomic E-state index is 13.3. The first-order valence-corrected chi connectivity index (χ1v) is 11.4. The lowest BCUT2D eigenvalue weighted by Gasteiger charge is -2.09. The molecule has 34 heavy (non-hydrogen) atoms. The van der Waals surface area contributed by atoms with Crippen molar-refractivity contribution in [2.75, 3.05) is 5.32 Å². The normalized spacial score (nSPS) is 11.2. The highest BCUT2D eigenvalue weighted by atomic mass is 35.5. The standard InChI is InChI=1S/C24H17Cl3N6O/c1-32-11-14(10-28-32)22-9-16(15-5-2-3-8-21(15)29-22)24(34)30-23-20(27)13-33(31-23)12-17-18(25)6-4-7-19(17)26/h2-11,13H,12H2,1H3,(H,30,31,34). The fourth-order valence-corrected chi connectivity index (χ4v) is 4.36. The van der Waals surface area contributed by atoms with Crippen molar-refractivity contribution in [2.45, 2.75) is 6.54 Å². The molecule has 0 saturated carbocycles. The number of benzene rings is 2. The Labute approximate surface area is 209 Å². The monoisotopic (exact) mass is 510 g/mol. The highest BCUT2D eigenvalue weighted by Gasteiger charge is 2.18. The van der Waals surface area contributed by atoms with Crippen LogP contribution in [0.15, 0.2) is 67.1 Å². The van der Waals surface area contributed by atoms with Gasteiger partial charge in [-0.3, -0.25) is 14.2 Å². The number of amides is 1. The van der Waals surface area contributed by atoms with Gasteiger partial charge in [0.05, 0.1) is 29.5 Å². The molecule has 1 N–H and O–H groups in total. The van der Waals surface area contributed by atoms with Crippen LogP contribution in [0.4, 0.5) is 5.82 Å². The largest absolute Gasteiger partial charge is 0.304 e. The van der Waals surface area contributed by atoms with Gasteiger partial charge in [0, 0.05) is 46.0 Å². The number of fused-ring (bicyclic) bond motifs is 1. The highest BCUT2D eigenvalue weighted by Crippen LogP contribution is 2.29. The molecule has 0 aliphatic rings. The summed E-state index contributed by atoms with van der Waals surface area (Å²) in [6.45, 7) is 0.303. The predicted octanol–water partition coefficient (Wildman–Crippen LogP) is 6.09. The molecular formula is C24H17Cl3N6O. The number of pyridine rings is 1. The summed E-state index contributed by atoms with van der Waals surface area (Å²) < 4.78 is 3.26. The van der Waals surface area contributed by atoms with E-state index < -0.39 is 0 Å². The minimum Gasteiger partial charge on any atom is -0.304 e. The second-order valence-corrected chi connectivity index (χ2v) is 8.87. The van der Waals surface area contributed by atoms with E-state index in [1.165, 1.54) is 0 Å². The molecule has 0 spiro atoms. The molecule has 5 rings (SSSR count). The van der Waals surface area contributed by atoms with Crippen molar-refractivity contribution in [1.82, 2.24) is 24.5 Å². The average Bonchev–Trinajstić information content (AvgIpc) is 3.40. The summed E-state index contributed by atoms with van der Waals surface area (Å²) >= 11 is 18.9. The molecule has 5 aromatic rings. The molecule has 3 heterocycles. The van der Waals surface area contributed by atoms with Crippen molar-refractivity contribution in [3.8, 4) is 11.3 Å². The summed E-state index contributed by atoms with van der Waals surface area (Å²) in [5, 5.41) is 13.5. The Kier molecular flexibility index (Phi) is 6.00. The Morgan fingerprint density at radius 3 is 2.50 bits per heavy atom. The van der Waals surface area contributed by atoms with Crippen LogP contribution in [0.1, 0.15) is 15.9 Å². The Morgan fingerprint density at radius 2 is 1.76 bits per heavy atom. The van der Waals surface area contributed by atoms with E-state index in [0.717, 1.165) is 5.56 Å². The van der Waals surface area contributed by atoms with E-state index in [1.54, 1.807) is 46.0 Å². The summed E-state index contributed by atoms with van der Waals surface area (Å²) in [5.41, 5.74) is 3.30. The number of hydrogen-bond donors (Lipinski definition) is 1. The van der Waals surface area contributed by atoms with Gasteiger partial charge in [0.1, 0.15) is 5.02 Å². The first-order valence-electron chi connectivity index (χ1n) is 10.2. The number of nitrogens with zero attached hydrogens (tertiary/aromatic N) is 5. The topological polar surface area (TPSA) is 77.6 Å². The Bertz CT molecular complexity index is 1520. The highest BCUT2D eigenvalue weighted by molar-refractivity contribution is 6.36. The number of nitrogens with one attached hydrogen (secondary N) is 1. The minimum absolute atomic E-state index is 0.235. The zero-order valence-electron chi connectivity index (χ0n) is 17.8. The lowest BCUT2D eigenvalue weighted by atomic mass is 10.0. The van der Waals surface area contributed by atoms with Gasteiger partial charge < -0.3 is 5.32 Å². The van der Waals surface area contributed by atoms with E-state index in [-0.39, 0.29) is 11.7 Å². The van der Waals surface area contributed by atoms with Gasteiger partial charge in [-0.2, -0.15) is 10.2 Å². The third-order valence-corrected chi connectivity index (χ3v) is 6.28. The van der Waals surface area contributed by atoms with Crippen molar-refractivity contribution in [2.24, 2.45) is 7.05 Å². The van der Waals surface area contributed by atoms with E-state index in [0.29, 0.717) is 49.3 Å². The molecule has 0 bridgehead atoms. The van der Waals surface area contributed by atoms with Gasteiger partial charge in [-0.05, 0) is 24.3 Å². The fourth-order valence-electron chi connectivity index (χ4n) is 3.65. The smallest absolute Gasteiger partial charge is 0.257 e. The van der Waals surface area contributed by atoms with Crippen LogP contribution in [-0.4, -0.2) is 30.5 Å². The van der Waals surface area contributed by atoms with Crippen LogP contribution in [0.25, 0.3) is 22.2 Å². The Morgan fingerprint density at radius 1 is 1.00 bits per heavy atom. The molecule has 0 aliphatic heterocycles. The van der Waals surface area contributed by atoms with Crippen molar-refractivity contribution in [1.29, 1.82) is 0 Å². The van der Waals surface area contributed by atoms with Crippen LogP contribution < -0.4 is 5.32 Å². The van der Waals surface area contributed by atoms with Crippen molar-refractivity contribution in [3.05, 3.63) is 93.3 Å². The number of aromatic nitrogens is 5. The number of hydrogen-bond acceptors (Lipinski definition) is 4. The van der Waals surface area contributed by atoms with Gasteiger partial charge >= 0.3 is 0 Å². The van der Waals surface area contributed by atoms with Gasteiger partial charge in [-0.25, -0.2) is 4.98 Å². The average molecular weight is 512 g/mol. The first-order chi connectivity index (χ1) is 16.4. The second kappa shape index (κ2) is 9.10. The third kappa shape index (κ3) is 4.37. The quantitative estimate of drug-likeness (QED) is 0.310. The zero-order valence-corrected chi connectivity index (χ0v) is 20.1. The molecular weight excluding hydrogens is 495 g/mol. The van der Waals surface area contributed by atoms with Crippen LogP contribution in [0.3, 0.4) is 0 Å². The molecule has 0 fully saturated rings. The molecule has 10 heteroatoms. The van der Waals surface area contributed by atoms with Gasteiger partial charge in [-0.15, -0.1) is 0 Å². The zero-order chi connectivity index (χ0) is 23.8. The lowest BCUT2D eigenvalue weighted by Crippen LogP contribution is -2.14. The van der Waals surface area contributed by atoms with Gasteiger partial charge in [0.2, 0.25) is 0 Å². The van der Waals surface area contributed by atoms with Crippen LogP contribution >= 0.6 is 34.8 Å². The Balaban J connectivity index is 1.47. The number of para-hydroxylation sites is 1. The van der Waals surface area contributed by atoms with Crippen molar-refractivity contribution >= 4 is 57.4 Å². The molecule has 0 aliphatic carbocycles. The van der Waals surface area contributed by atoms with E-state index in [4.69, 9.17) is 34.8 Å². The number of halogens is 3. The summed E-state index contributed by atoms with van der Waals surface area (Å²) in [5.74, 6) is -0.120. The van der Waals surface area contributed by atoms with E-state index in [9.17, 15) is 4.79 Å². The number of carbonyl (C=O) groups excluding carboxylic acids is 1. The molecule has 1 amide bonds. The summed E-state index contributed by atoms with van der Waals surface area (Å²) in [6, 6.07) is 14.5. The molecule has 2 aromatic carbocycles. The van der Waals surface area contributed by atoms with E-state index in [2.05, 4.69) is 20.5 Å². The van der Waals surface area contributed by atoms with Crippen LogP contribution in [0, 0.1) is 0 Å². The minimum atomic E-state index is -0.355. The number of carbonyl (C=O) groups is 1. The molecule has 0 saturated heterocycles. The maximum atomic E-state index is 13.3. The number of anilines is 1. The van der Waals surface area contributed by atoms with Crippen LogP contribution in [-0.2, 0) is 13.6 Å². The van der Waals surface area contributed by atoms with Gasteiger partial charge in [-0.1, -0.05) is 59.1 Å². The maximum Gasteiger partial charge on any atom is 0.257 e. The molecule has 0 unspecified atom stereocenters. The van der Waals surface area contributed by atoms with E-state index >= 15 is 0 Å². The van der Waals surface area contributed by atoms with Gasteiger partial charge in [0.25, 0.3) is 5.91 Å². The predicted molar refractivity (Wildman–Crippen MR) is 135 cm³/mol. The Hall–Kier alpha value is -3.39. The summed E-state index contributed by atoms with van der Waals surface area (Å²) in [4.78, 5) is 18.0. The SMILES string of the molecule is Cn1cc(-c2cc(C(=O)Nc3nn(Cc4c(Cl)cccc4Cl)cc3Cl)c3ccccc3n2)cn1. The lowest BCUT2D eigenvalue weighted by molar-refractivity contribution is 0.102. The van der Waals surface area contributed by atoms with Gasteiger partial charge in [0.15, 0.2) is 5.82 Å². The molecule has 0 radical (unpaired) electrons. The first kappa shape index (κ1) is 22.4. The fraction of sp³-hybridized carbons (Fsp3) is 0.0833. The number of rotatable bonds is 5. The van der Waals surface area contributed by atoms with E-state index in [1.807, 2.05) is 37.5 Å². The summed E-state index contributed by atoms with van der Waals surface area (Å²) in [6.07, 6.45) is 5.16. The molecule has 0 atom stereocenters. The van der Waals surface area contributed by atoms with Crippen LogP contribution in [0.2, 0.25) is 15.1 Å². The number of aryl methyl sites for hydroxylation is 1. The molecule has 170 valence electrons. The van der Waals surface area contributed by atoms with Crippen LogP contribution in [0.5, 0.6) is 0 Å². The molecule has 7 nitrogen and oxygen atoms in total. The summed E-state index contributed by atoms with van der Waals surface area (Å²) in [7, 11) is 1.83. The van der Waals surface area contributed by atoms with Crippen molar-refractivity contribution < 1.29 is 4.79 Å².